The molecule has 0 aliphatic heterocycles. The van der Waals surface area contributed by atoms with E-state index in [4.69, 9.17) is 5.11 Å². The van der Waals surface area contributed by atoms with Crippen LogP contribution in [0.3, 0.4) is 0 Å². The van der Waals surface area contributed by atoms with Crippen molar-refractivity contribution in [1.82, 2.24) is 14.9 Å². The van der Waals surface area contributed by atoms with E-state index in [9.17, 15) is 4.79 Å². The molecule has 0 radical (unpaired) electrons. The van der Waals surface area contributed by atoms with Crippen molar-refractivity contribution in [1.29, 1.82) is 0 Å². The zero-order chi connectivity index (χ0) is 12.8. The van der Waals surface area contributed by atoms with Gasteiger partial charge in [0.05, 0.1) is 12.5 Å². The Morgan fingerprint density at radius 1 is 1.33 bits per heavy atom. The Balaban J connectivity index is 2.15. The summed E-state index contributed by atoms with van der Waals surface area (Å²) >= 11 is 0. The van der Waals surface area contributed by atoms with E-state index in [2.05, 4.69) is 10.3 Å². The van der Waals surface area contributed by atoms with Gasteiger partial charge in [-0.1, -0.05) is 18.2 Å². The van der Waals surface area contributed by atoms with Crippen LogP contribution >= 0.6 is 0 Å². The molecule has 1 aromatic heterocycles. The minimum atomic E-state index is -0.190. The highest BCUT2D eigenvalue weighted by molar-refractivity contribution is 5.92. The predicted octanol–water partition coefficient (Wildman–Crippen LogP) is 0.984. The smallest absolute Gasteiger partial charge is 0.269 e. The zero-order valence-electron chi connectivity index (χ0n) is 9.91. The molecule has 1 amide bonds. The van der Waals surface area contributed by atoms with E-state index >= 15 is 0 Å². The highest BCUT2D eigenvalue weighted by atomic mass is 16.3. The topological polar surface area (TPSA) is 67.2 Å². The number of nitrogens with one attached hydrogen (secondary N) is 1. The van der Waals surface area contributed by atoms with Gasteiger partial charge in [-0.15, -0.1) is 0 Å². The van der Waals surface area contributed by atoms with Gasteiger partial charge in [-0.05, 0) is 18.6 Å². The highest BCUT2D eigenvalue weighted by Gasteiger charge is 2.11. The summed E-state index contributed by atoms with van der Waals surface area (Å²) in [5, 5.41) is 11.4. The number of hydrogen-bond acceptors (Lipinski definition) is 3. The van der Waals surface area contributed by atoms with Crippen LogP contribution in [0, 0.1) is 0 Å². The molecule has 0 bridgehead atoms. The molecule has 5 nitrogen and oxygen atoms in total. The molecule has 2 aromatic rings. The highest BCUT2D eigenvalue weighted by Crippen LogP contribution is 2.10. The van der Waals surface area contributed by atoms with E-state index in [-0.39, 0.29) is 12.5 Å². The molecule has 94 valence electrons. The van der Waals surface area contributed by atoms with Gasteiger partial charge in [0.25, 0.3) is 5.91 Å². The molecule has 0 unspecified atom stereocenters. The summed E-state index contributed by atoms with van der Waals surface area (Å²) in [4.78, 5) is 15.9. The molecule has 5 heteroatoms. The Labute approximate surface area is 105 Å². The molecule has 0 saturated heterocycles. The van der Waals surface area contributed by atoms with E-state index in [0.717, 1.165) is 5.69 Å². The van der Waals surface area contributed by atoms with Gasteiger partial charge in [-0.25, -0.2) is 4.98 Å². The summed E-state index contributed by atoms with van der Waals surface area (Å²) < 4.78 is 1.73. The molecule has 2 N–H and O–H groups in total. The quantitative estimate of drug-likeness (QED) is 0.772. The second-order valence-corrected chi connectivity index (χ2v) is 3.82. The van der Waals surface area contributed by atoms with Gasteiger partial charge in [0.2, 0.25) is 0 Å². The number of imidazole rings is 1. The number of aliphatic hydroxyl groups is 1. The second-order valence-electron chi connectivity index (χ2n) is 3.82. The first-order chi connectivity index (χ1) is 8.83. The van der Waals surface area contributed by atoms with Crippen molar-refractivity contribution in [2.75, 3.05) is 13.2 Å². The maximum Gasteiger partial charge on any atom is 0.269 e. The molecular formula is C13H15N3O2. The lowest BCUT2D eigenvalue weighted by Crippen LogP contribution is -2.26. The molecule has 0 atom stereocenters. The second kappa shape index (κ2) is 5.97. The van der Waals surface area contributed by atoms with E-state index in [1.807, 2.05) is 30.3 Å². The predicted molar refractivity (Wildman–Crippen MR) is 67.6 cm³/mol. The van der Waals surface area contributed by atoms with E-state index in [1.54, 1.807) is 10.9 Å². The summed E-state index contributed by atoms with van der Waals surface area (Å²) in [6.45, 7) is 0.521. The van der Waals surface area contributed by atoms with Crippen LogP contribution < -0.4 is 5.32 Å². The van der Waals surface area contributed by atoms with Gasteiger partial charge in [0.1, 0.15) is 5.69 Å². The first-order valence-corrected chi connectivity index (χ1v) is 5.80. The number of aliphatic hydroxyl groups excluding tert-OH is 1. The number of para-hydroxylation sites is 1. The van der Waals surface area contributed by atoms with E-state index in [1.165, 1.54) is 6.20 Å². The third kappa shape index (κ3) is 2.75. The fourth-order valence-electron chi connectivity index (χ4n) is 1.63. The minimum Gasteiger partial charge on any atom is -0.396 e. The molecule has 1 heterocycles. The van der Waals surface area contributed by atoms with Crippen LogP contribution in [0.25, 0.3) is 5.69 Å². The van der Waals surface area contributed by atoms with Crippen molar-refractivity contribution in [2.24, 2.45) is 0 Å². The number of nitrogens with zero attached hydrogens (tertiary/aromatic N) is 2. The Morgan fingerprint density at radius 3 is 2.83 bits per heavy atom. The summed E-state index contributed by atoms with van der Waals surface area (Å²) in [5.41, 5.74) is 1.38. The summed E-state index contributed by atoms with van der Waals surface area (Å²) in [5.74, 6) is -0.190. The Kier molecular flexibility index (Phi) is 4.09. The van der Waals surface area contributed by atoms with Crippen LogP contribution in [-0.4, -0.2) is 33.7 Å². The standard InChI is InChI=1S/C13H15N3O2/c17-8-4-7-15-13(18)12-9-14-10-16(12)11-5-2-1-3-6-11/h1-3,5-6,9-10,17H,4,7-8H2,(H,15,18). The molecule has 18 heavy (non-hydrogen) atoms. The van der Waals surface area contributed by atoms with Crippen LogP contribution in [0.5, 0.6) is 0 Å². The van der Waals surface area contributed by atoms with Crippen molar-refractivity contribution < 1.29 is 9.90 Å². The Morgan fingerprint density at radius 2 is 2.11 bits per heavy atom. The number of aromatic nitrogens is 2. The van der Waals surface area contributed by atoms with E-state index in [0.29, 0.717) is 18.7 Å². The van der Waals surface area contributed by atoms with Gasteiger partial charge >= 0.3 is 0 Å². The van der Waals surface area contributed by atoms with Gasteiger partial charge in [0, 0.05) is 18.8 Å². The van der Waals surface area contributed by atoms with Crippen LogP contribution in [0.2, 0.25) is 0 Å². The molecule has 0 saturated carbocycles. The molecular weight excluding hydrogens is 230 g/mol. The average molecular weight is 245 g/mol. The molecule has 1 aromatic carbocycles. The molecule has 2 rings (SSSR count). The SMILES string of the molecule is O=C(NCCCO)c1cncn1-c1ccccc1. The lowest BCUT2D eigenvalue weighted by Gasteiger charge is -2.08. The maximum absolute atomic E-state index is 11.9. The molecule has 0 aliphatic carbocycles. The van der Waals surface area contributed by atoms with Crippen molar-refractivity contribution in [3.05, 3.63) is 48.5 Å². The van der Waals surface area contributed by atoms with Gasteiger partial charge in [0.15, 0.2) is 0 Å². The number of amides is 1. The van der Waals surface area contributed by atoms with Crippen molar-refractivity contribution >= 4 is 5.91 Å². The fourth-order valence-corrected chi connectivity index (χ4v) is 1.63. The summed E-state index contributed by atoms with van der Waals surface area (Å²) in [7, 11) is 0. The van der Waals surface area contributed by atoms with Gasteiger partial charge < -0.3 is 10.4 Å². The number of hydrogen-bond donors (Lipinski definition) is 2. The van der Waals surface area contributed by atoms with Crippen LogP contribution in [0.1, 0.15) is 16.9 Å². The third-order valence-electron chi connectivity index (χ3n) is 2.53. The van der Waals surface area contributed by atoms with Crippen LogP contribution in [-0.2, 0) is 0 Å². The molecule has 0 fully saturated rings. The number of benzene rings is 1. The Hall–Kier alpha value is -2.14. The van der Waals surface area contributed by atoms with Crippen molar-refractivity contribution in [2.45, 2.75) is 6.42 Å². The maximum atomic E-state index is 11.9. The third-order valence-corrected chi connectivity index (χ3v) is 2.53. The first kappa shape index (κ1) is 12.3. The summed E-state index contributed by atoms with van der Waals surface area (Å²) in [6, 6.07) is 9.55. The van der Waals surface area contributed by atoms with Crippen molar-refractivity contribution in [3.63, 3.8) is 0 Å². The normalized spacial score (nSPS) is 10.3. The lowest BCUT2D eigenvalue weighted by atomic mass is 10.3. The molecule has 0 aliphatic rings. The van der Waals surface area contributed by atoms with Crippen LogP contribution in [0.4, 0.5) is 0 Å². The number of carbonyl (C=O) groups is 1. The first-order valence-electron chi connectivity index (χ1n) is 5.80. The lowest BCUT2D eigenvalue weighted by molar-refractivity contribution is 0.0944. The van der Waals surface area contributed by atoms with Gasteiger partial charge in [-0.2, -0.15) is 0 Å². The summed E-state index contributed by atoms with van der Waals surface area (Å²) in [6.07, 6.45) is 3.68. The monoisotopic (exact) mass is 245 g/mol. The minimum absolute atomic E-state index is 0.0677. The fraction of sp³-hybridized carbons (Fsp3) is 0.231. The molecule has 0 spiro atoms. The number of carbonyl (C=O) groups excluding carboxylic acids is 1. The zero-order valence-corrected chi connectivity index (χ0v) is 9.91. The van der Waals surface area contributed by atoms with Crippen molar-refractivity contribution in [3.8, 4) is 5.69 Å². The van der Waals surface area contributed by atoms with Crippen LogP contribution in [0.15, 0.2) is 42.9 Å². The van der Waals surface area contributed by atoms with E-state index < -0.39 is 0 Å². The Bertz CT molecular complexity index is 508. The van der Waals surface area contributed by atoms with Gasteiger partial charge in [-0.3, -0.25) is 9.36 Å². The average Bonchev–Trinajstić information content (AvgIpc) is 2.89. The largest absolute Gasteiger partial charge is 0.396 e. The number of rotatable bonds is 5.